The normalized spacial score (nSPS) is 25.1. The molecule has 1 spiro atoms. The third kappa shape index (κ3) is 2.94. The lowest BCUT2D eigenvalue weighted by molar-refractivity contribution is -0.0949. The minimum absolute atomic E-state index is 0.0293. The summed E-state index contributed by atoms with van der Waals surface area (Å²) < 4.78 is 6.53. The second-order valence-corrected chi connectivity index (χ2v) is 8.71. The highest BCUT2D eigenvalue weighted by Gasteiger charge is 2.58. The van der Waals surface area contributed by atoms with Gasteiger partial charge in [-0.3, -0.25) is 10.1 Å². The van der Waals surface area contributed by atoms with Gasteiger partial charge in [0, 0.05) is 12.0 Å². The highest BCUT2D eigenvalue weighted by molar-refractivity contribution is 8.17. The number of carbonyl (C=O) groups excluding carboxylic acids is 1. The molecular weight excluding hydrogens is 406 g/mol. The topological polar surface area (TPSA) is 53.9 Å². The molecule has 1 N–H and O–H groups in total. The Morgan fingerprint density at radius 1 is 1.00 bits per heavy atom. The number of fused-ring (bicyclic) bond motifs is 4. The number of benzene rings is 3. The molecule has 3 aliphatic heterocycles. The molecule has 1 amide bonds. The summed E-state index contributed by atoms with van der Waals surface area (Å²) in [6.45, 7) is 0. The van der Waals surface area contributed by atoms with E-state index in [4.69, 9.17) is 9.84 Å². The molecule has 6 heteroatoms. The molecule has 6 rings (SSSR count). The second-order valence-electron chi connectivity index (χ2n) is 7.69. The van der Waals surface area contributed by atoms with Crippen molar-refractivity contribution in [3.8, 4) is 5.75 Å². The Kier molecular flexibility index (Phi) is 4.14. The highest BCUT2D eigenvalue weighted by atomic mass is 32.2. The largest absolute Gasteiger partial charge is 0.444 e. The van der Waals surface area contributed by atoms with Crippen LogP contribution in [0, 0.1) is 0 Å². The van der Waals surface area contributed by atoms with Gasteiger partial charge < -0.3 is 4.74 Å². The lowest BCUT2D eigenvalue weighted by atomic mass is 9.95. The number of thioether (sulfide) groups is 1. The van der Waals surface area contributed by atoms with Crippen LogP contribution in [0.25, 0.3) is 6.08 Å². The first-order valence-electron chi connectivity index (χ1n) is 10.2. The number of hydrogen-bond donors (Lipinski definition) is 1. The zero-order valence-electron chi connectivity index (χ0n) is 16.6. The summed E-state index contributed by atoms with van der Waals surface area (Å²) >= 11 is 1.16. The fourth-order valence-corrected chi connectivity index (χ4v) is 5.28. The van der Waals surface area contributed by atoms with E-state index in [9.17, 15) is 4.79 Å². The molecule has 2 atom stereocenters. The molecule has 0 bridgehead atoms. The molecule has 5 nitrogen and oxygen atoms in total. The van der Waals surface area contributed by atoms with Gasteiger partial charge in [0.1, 0.15) is 5.75 Å². The Hall–Kier alpha value is -3.51. The van der Waals surface area contributed by atoms with E-state index in [1.54, 1.807) is 0 Å². The Morgan fingerprint density at radius 3 is 2.52 bits per heavy atom. The van der Waals surface area contributed by atoms with Gasteiger partial charge in [0.15, 0.2) is 0 Å². The van der Waals surface area contributed by atoms with Gasteiger partial charge in [0.05, 0.1) is 16.7 Å². The second kappa shape index (κ2) is 7.03. The van der Waals surface area contributed by atoms with Crippen molar-refractivity contribution in [2.24, 2.45) is 5.10 Å². The summed E-state index contributed by atoms with van der Waals surface area (Å²) in [5.74, 6) is -0.386. The lowest BCUT2D eigenvalue weighted by Crippen LogP contribution is -2.61. The van der Waals surface area contributed by atoms with Crippen molar-refractivity contribution in [3.63, 3.8) is 0 Å². The van der Waals surface area contributed by atoms with Crippen LogP contribution in [0.5, 0.6) is 5.75 Å². The number of hydrogen-bond acceptors (Lipinski definition) is 5. The molecule has 1 saturated heterocycles. The van der Waals surface area contributed by atoms with E-state index in [1.165, 1.54) is 0 Å². The van der Waals surface area contributed by atoms with Crippen LogP contribution >= 0.6 is 11.8 Å². The molecule has 0 aromatic heterocycles. The maximum atomic E-state index is 12.6. The van der Waals surface area contributed by atoms with Crippen molar-refractivity contribution < 1.29 is 9.53 Å². The van der Waals surface area contributed by atoms with E-state index in [2.05, 4.69) is 23.5 Å². The van der Waals surface area contributed by atoms with Gasteiger partial charge in [-0.1, -0.05) is 78.9 Å². The molecule has 0 aliphatic carbocycles. The summed E-state index contributed by atoms with van der Waals surface area (Å²) in [5, 5.41) is 9.86. The minimum atomic E-state index is -1.16. The van der Waals surface area contributed by atoms with Gasteiger partial charge in [-0.25, -0.2) is 5.01 Å². The molecule has 31 heavy (non-hydrogen) atoms. The molecule has 3 aliphatic rings. The summed E-state index contributed by atoms with van der Waals surface area (Å²) in [7, 11) is 0. The van der Waals surface area contributed by atoms with Gasteiger partial charge in [-0.05, 0) is 35.0 Å². The van der Waals surface area contributed by atoms with Gasteiger partial charge in [-0.15, -0.1) is 0 Å². The first kappa shape index (κ1) is 18.3. The molecule has 2 unspecified atom stereocenters. The molecule has 152 valence electrons. The Morgan fingerprint density at radius 2 is 1.71 bits per heavy atom. The number of para-hydroxylation sites is 1. The van der Waals surface area contributed by atoms with E-state index in [-0.39, 0.29) is 11.3 Å². The van der Waals surface area contributed by atoms with Crippen molar-refractivity contribution in [2.75, 3.05) is 0 Å². The quantitative estimate of drug-likeness (QED) is 0.599. The van der Waals surface area contributed by atoms with Crippen LogP contribution in [-0.4, -0.2) is 21.8 Å². The minimum Gasteiger partial charge on any atom is -0.444 e. The zero-order valence-corrected chi connectivity index (χ0v) is 17.4. The van der Waals surface area contributed by atoms with Crippen molar-refractivity contribution >= 4 is 28.8 Å². The first-order valence-corrected chi connectivity index (χ1v) is 11.0. The van der Waals surface area contributed by atoms with Crippen LogP contribution in [0.15, 0.2) is 94.9 Å². The smallest absolute Gasteiger partial charge is 0.314 e. The van der Waals surface area contributed by atoms with Crippen LogP contribution < -0.4 is 10.1 Å². The van der Waals surface area contributed by atoms with Crippen LogP contribution in [0.4, 0.5) is 4.79 Å². The monoisotopic (exact) mass is 425 g/mol. The summed E-state index contributed by atoms with van der Waals surface area (Å²) in [6, 6.07) is 28.1. The standard InChI is InChI=1S/C25H19N3O2S/c29-24-26-25(23(31-24)15-17-9-3-1-4-10-17)28-21(19-13-7-8-14-22(19)30-25)16-20(27-28)18-11-5-2-6-12-18/h1-15,21H,16H2,(H,26,29)/b23-15-. The Labute approximate surface area is 184 Å². The molecule has 3 aromatic rings. The fourth-order valence-electron chi connectivity index (χ4n) is 4.37. The van der Waals surface area contributed by atoms with Crippen LogP contribution in [0.2, 0.25) is 0 Å². The van der Waals surface area contributed by atoms with E-state index < -0.39 is 5.85 Å². The molecule has 1 fully saturated rings. The van der Waals surface area contributed by atoms with Crippen LogP contribution in [0.1, 0.15) is 29.2 Å². The third-order valence-electron chi connectivity index (χ3n) is 5.78. The van der Waals surface area contributed by atoms with Gasteiger partial charge >= 0.3 is 5.85 Å². The maximum Gasteiger partial charge on any atom is 0.314 e. The van der Waals surface area contributed by atoms with E-state index in [0.717, 1.165) is 51.2 Å². The third-order valence-corrected chi connectivity index (χ3v) is 6.68. The SMILES string of the molecule is O=C1NC2(Oc3ccccc3C3CC(c4ccccc4)=NN32)/C(=C/c2ccccc2)S1. The molecule has 0 radical (unpaired) electrons. The summed E-state index contributed by atoms with van der Waals surface area (Å²) in [4.78, 5) is 13.4. The van der Waals surface area contributed by atoms with Gasteiger partial charge in [-0.2, -0.15) is 5.10 Å². The van der Waals surface area contributed by atoms with Gasteiger partial charge in [0.2, 0.25) is 0 Å². The fraction of sp³-hybridized carbons (Fsp3) is 0.120. The molecule has 3 aromatic carbocycles. The van der Waals surface area contributed by atoms with Crippen LogP contribution in [0.3, 0.4) is 0 Å². The highest BCUT2D eigenvalue weighted by Crippen LogP contribution is 2.52. The van der Waals surface area contributed by atoms with Crippen molar-refractivity contribution in [2.45, 2.75) is 18.3 Å². The van der Waals surface area contributed by atoms with E-state index >= 15 is 0 Å². The average molecular weight is 426 g/mol. The number of rotatable bonds is 2. The van der Waals surface area contributed by atoms with Crippen molar-refractivity contribution in [1.82, 2.24) is 10.3 Å². The lowest BCUT2D eigenvalue weighted by Gasteiger charge is -2.45. The van der Waals surface area contributed by atoms with Crippen molar-refractivity contribution in [1.29, 1.82) is 0 Å². The average Bonchev–Trinajstić information content (AvgIpc) is 3.38. The predicted octanol–water partition coefficient (Wildman–Crippen LogP) is 5.38. The molecule has 3 heterocycles. The van der Waals surface area contributed by atoms with Crippen molar-refractivity contribution in [3.05, 3.63) is 107 Å². The number of nitrogens with zero attached hydrogens (tertiary/aromatic N) is 2. The molecule has 0 saturated carbocycles. The number of amides is 1. The maximum absolute atomic E-state index is 12.6. The number of nitrogens with one attached hydrogen (secondary N) is 1. The summed E-state index contributed by atoms with van der Waals surface area (Å²) in [6.07, 6.45) is 2.74. The predicted molar refractivity (Wildman–Crippen MR) is 123 cm³/mol. The van der Waals surface area contributed by atoms with Crippen LogP contribution in [-0.2, 0) is 0 Å². The number of hydrazone groups is 1. The first-order chi connectivity index (χ1) is 15.2. The number of carbonyl (C=O) groups is 1. The number of ether oxygens (including phenoxy) is 1. The van der Waals surface area contributed by atoms with E-state index in [1.807, 2.05) is 77.8 Å². The molecular formula is C25H19N3O2S. The Balaban J connectivity index is 1.52. The Bertz CT molecular complexity index is 1230. The van der Waals surface area contributed by atoms with Gasteiger partial charge in [0.25, 0.3) is 5.24 Å². The zero-order chi connectivity index (χ0) is 20.8. The van der Waals surface area contributed by atoms with E-state index in [0.29, 0.717) is 0 Å². The summed E-state index contributed by atoms with van der Waals surface area (Å²) in [5.41, 5.74) is 4.14.